The highest BCUT2D eigenvalue weighted by molar-refractivity contribution is 7.99. The summed E-state index contributed by atoms with van der Waals surface area (Å²) < 4.78 is 48.4. The maximum absolute atomic E-state index is 15.2. The lowest BCUT2D eigenvalue weighted by Crippen LogP contribution is -2.33. The highest BCUT2D eigenvalue weighted by atomic mass is 32.2. The van der Waals surface area contributed by atoms with Crippen LogP contribution in [0.3, 0.4) is 0 Å². The van der Waals surface area contributed by atoms with E-state index in [0.29, 0.717) is 28.2 Å². The van der Waals surface area contributed by atoms with E-state index in [1.54, 1.807) is 30.6 Å². The second kappa shape index (κ2) is 8.40. The van der Waals surface area contributed by atoms with Crippen molar-refractivity contribution >= 4 is 28.7 Å². The number of fused-ring (bicyclic) bond motifs is 5. The molecule has 2 aromatic heterocycles. The minimum absolute atomic E-state index is 0.167. The van der Waals surface area contributed by atoms with Crippen molar-refractivity contribution < 1.29 is 17.9 Å². The third-order valence-corrected chi connectivity index (χ3v) is 8.30. The molecule has 2 aliphatic heterocycles. The molecule has 4 aromatic rings. The molecule has 3 atom stereocenters. The van der Waals surface area contributed by atoms with E-state index in [0.717, 1.165) is 42.4 Å². The standard InChI is InChI=1S/C26H22F3N5OS/c27-19-11-20-21(10-16(19)14-12-30-26(31-13-14)33-5-7-36-8-6-33)34-23(17-9-18(17)24(34)32-20)15-3-1-2-4-22(15)35-25(28)29/h1-4,10-13,17-18,23,25H,5-9H2/t17-,18+,23-/m0/s1. The normalized spacial score (nSPS) is 22.7. The monoisotopic (exact) mass is 509 g/mol. The van der Waals surface area contributed by atoms with Crippen LogP contribution >= 0.6 is 11.8 Å². The van der Waals surface area contributed by atoms with Crippen molar-refractivity contribution in [3.63, 3.8) is 0 Å². The number of anilines is 1. The summed E-state index contributed by atoms with van der Waals surface area (Å²) in [6.07, 6.45) is 4.25. The Morgan fingerprint density at radius 2 is 1.83 bits per heavy atom. The molecule has 2 aromatic carbocycles. The van der Waals surface area contributed by atoms with E-state index in [4.69, 9.17) is 9.72 Å². The SMILES string of the molecule is Fc1cc2nc3n(c2cc1-c1cnc(N2CCSCC2)nc1)[C@@H](c1ccccc1OC(F)F)[C@H]1C[C@@H]31. The molecular weight excluding hydrogens is 487 g/mol. The fourth-order valence-electron chi connectivity index (χ4n) is 5.65. The first kappa shape index (κ1) is 22.0. The van der Waals surface area contributed by atoms with E-state index < -0.39 is 12.4 Å². The van der Waals surface area contributed by atoms with Gasteiger partial charge >= 0.3 is 6.61 Å². The molecule has 0 unspecified atom stereocenters. The number of hydrogen-bond acceptors (Lipinski definition) is 6. The van der Waals surface area contributed by atoms with Gasteiger partial charge in [0.15, 0.2) is 0 Å². The Kier molecular flexibility index (Phi) is 5.13. The molecule has 184 valence electrons. The van der Waals surface area contributed by atoms with Crippen LogP contribution in [-0.2, 0) is 0 Å². The van der Waals surface area contributed by atoms with Crippen molar-refractivity contribution in [2.45, 2.75) is 25.0 Å². The van der Waals surface area contributed by atoms with Crippen LogP contribution in [0.5, 0.6) is 5.75 Å². The Morgan fingerprint density at radius 3 is 2.61 bits per heavy atom. The fourth-order valence-corrected chi connectivity index (χ4v) is 6.55. The van der Waals surface area contributed by atoms with E-state index in [2.05, 4.69) is 19.4 Å². The Bertz CT molecular complexity index is 1450. The molecule has 6 nitrogen and oxygen atoms in total. The van der Waals surface area contributed by atoms with Gasteiger partial charge in [0.1, 0.15) is 17.4 Å². The number of thioether (sulfide) groups is 1. The van der Waals surface area contributed by atoms with Gasteiger partial charge in [-0.25, -0.2) is 19.3 Å². The van der Waals surface area contributed by atoms with Crippen molar-refractivity contribution in [3.05, 3.63) is 66.0 Å². The van der Waals surface area contributed by atoms with Crippen LogP contribution in [0.15, 0.2) is 48.8 Å². The summed E-state index contributed by atoms with van der Waals surface area (Å²) >= 11 is 1.91. The molecule has 1 saturated carbocycles. The number of rotatable bonds is 5. The number of ether oxygens (including phenoxy) is 1. The lowest BCUT2D eigenvalue weighted by molar-refractivity contribution is -0.0507. The first-order valence-electron chi connectivity index (χ1n) is 12.0. The summed E-state index contributed by atoms with van der Waals surface area (Å²) in [5, 5.41) is 0. The molecule has 0 spiro atoms. The summed E-state index contributed by atoms with van der Waals surface area (Å²) in [6, 6.07) is 9.95. The third-order valence-electron chi connectivity index (χ3n) is 7.36. The Morgan fingerprint density at radius 1 is 1.06 bits per heavy atom. The van der Waals surface area contributed by atoms with Gasteiger partial charge in [0.25, 0.3) is 0 Å². The smallest absolute Gasteiger partial charge is 0.387 e. The molecule has 3 aliphatic rings. The van der Waals surface area contributed by atoms with Crippen molar-refractivity contribution in [1.82, 2.24) is 19.5 Å². The Balaban J connectivity index is 1.30. The van der Waals surface area contributed by atoms with Crippen LogP contribution < -0.4 is 9.64 Å². The predicted molar refractivity (Wildman–Crippen MR) is 132 cm³/mol. The van der Waals surface area contributed by atoms with Crippen LogP contribution in [0.4, 0.5) is 19.1 Å². The summed E-state index contributed by atoms with van der Waals surface area (Å²) in [5.74, 6) is 3.88. The second-order valence-electron chi connectivity index (χ2n) is 9.40. The van der Waals surface area contributed by atoms with Gasteiger partial charge in [0.05, 0.1) is 17.1 Å². The molecule has 36 heavy (non-hydrogen) atoms. The first-order chi connectivity index (χ1) is 17.6. The van der Waals surface area contributed by atoms with Gasteiger partial charge in [0, 0.05) is 65.7 Å². The number of benzene rings is 2. The molecule has 0 amide bonds. The molecule has 0 N–H and O–H groups in total. The van der Waals surface area contributed by atoms with E-state index in [-0.39, 0.29) is 23.6 Å². The second-order valence-corrected chi connectivity index (χ2v) is 10.6. The van der Waals surface area contributed by atoms with Crippen molar-refractivity contribution in [2.24, 2.45) is 5.92 Å². The maximum Gasteiger partial charge on any atom is 0.387 e. The summed E-state index contributed by atoms with van der Waals surface area (Å²) in [7, 11) is 0. The van der Waals surface area contributed by atoms with Gasteiger partial charge in [-0.3, -0.25) is 0 Å². The summed E-state index contributed by atoms with van der Waals surface area (Å²) in [5.41, 5.74) is 2.99. The van der Waals surface area contributed by atoms with Crippen LogP contribution in [0.2, 0.25) is 0 Å². The van der Waals surface area contributed by atoms with Crippen LogP contribution in [0.1, 0.15) is 29.8 Å². The molecule has 1 saturated heterocycles. The molecular formula is C26H22F3N5OS. The molecule has 7 rings (SSSR count). The fraction of sp³-hybridized carbons (Fsp3) is 0.346. The average molecular weight is 510 g/mol. The zero-order chi connectivity index (χ0) is 24.4. The van der Waals surface area contributed by atoms with E-state index in [9.17, 15) is 8.78 Å². The summed E-state index contributed by atoms with van der Waals surface area (Å²) in [6.45, 7) is -1.12. The minimum Gasteiger partial charge on any atom is -0.434 e. The zero-order valence-electron chi connectivity index (χ0n) is 19.2. The molecule has 4 heterocycles. The van der Waals surface area contributed by atoms with Gasteiger partial charge in [-0.1, -0.05) is 18.2 Å². The van der Waals surface area contributed by atoms with E-state index in [1.807, 2.05) is 23.9 Å². The maximum atomic E-state index is 15.2. The Labute approximate surface area is 209 Å². The average Bonchev–Trinajstić information content (AvgIpc) is 3.50. The number of alkyl halides is 2. The predicted octanol–water partition coefficient (Wildman–Crippen LogP) is 5.49. The number of aromatic nitrogens is 4. The van der Waals surface area contributed by atoms with Gasteiger partial charge in [-0.05, 0) is 24.5 Å². The number of hydrogen-bond donors (Lipinski definition) is 0. The molecule has 10 heteroatoms. The van der Waals surface area contributed by atoms with E-state index >= 15 is 4.39 Å². The summed E-state index contributed by atoms with van der Waals surface area (Å²) in [4.78, 5) is 15.9. The lowest BCUT2D eigenvalue weighted by atomic mass is 10.0. The van der Waals surface area contributed by atoms with Gasteiger partial charge < -0.3 is 14.2 Å². The number of imidazole rings is 1. The van der Waals surface area contributed by atoms with Gasteiger partial charge in [-0.2, -0.15) is 20.5 Å². The van der Waals surface area contributed by atoms with Crippen LogP contribution in [0.25, 0.3) is 22.2 Å². The topological polar surface area (TPSA) is 56.1 Å². The zero-order valence-corrected chi connectivity index (χ0v) is 20.0. The molecule has 1 aliphatic carbocycles. The number of para-hydroxylation sites is 1. The number of nitrogens with zero attached hydrogens (tertiary/aromatic N) is 5. The highest BCUT2D eigenvalue weighted by Gasteiger charge is 2.55. The largest absolute Gasteiger partial charge is 0.434 e. The molecule has 0 bridgehead atoms. The van der Waals surface area contributed by atoms with Crippen molar-refractivity contribution in [1.29, 1.82) is 0 Å². The first-order valence-corrected chi connectivity index (χ1v) is 13.1. The van der Waals surface area contributed by atoms with Crippen LogP contribution in [0, 0.1) is 11.7 Å². The molecule has 0 radical (unpaired) electrons. The Hall–Kier alpha value is -3.27. The van der Waals surface area contributed by atoms with Crippen molar-refractivity contribution in [3.8, 4) is 16.9 Å². The highest BCUT2D eigenvalue weighted by Crippen LogP contribution is 2.63. The number of halogens is 3. The van der Waals surface area contributed by atoms with Gasteiger partial charge in [-0.15, -0.1) is 0 Å². The van der Waals surface area contributed by atoms with Gasteiger partial charge in [0.2, 0.25) is 5.95 Å². The minimum atomic E-state index is -2.91. The lowest BCUT2D eigenvalue weighted by Gasteiger charge is -2.26. The van der Waals surface area contributed by atoms with E-state index in [1.165, 1.54) is 6.07 Å². The quantitative estimate of drug-likeness (QED) is 0.355. The third kappa shape index (κ3) is 3.53. The van der Waals surface area contributed by atoms with Crippen molar-refractivity contribution in [2.75, 3.05) is 29.5 Å². The van der Waals surface area contributed by atoms with Crippen LogP contribution in [-0.4, -0.2) is 50.7 Å². The molecule has 2 fully saturated rings.